The molecule has 1 N–H and O–H groups in total. The summed E-state index contributed by atoms with van der Waals surface area (Å²) in [6, 6.07) is 7.08. The van der Waals surface area contributed by atoms with Gasteiger partial charge >= 0.3 is 6.03 Å². The van der Waals surface area contributed by atoms with E-state index in [1.54, 1.807) is 12.1 Å². The Bertz CT molecular complexity index is 701. The molecule has 0 saturated carbocycles. The van der Waals surface area contributed by atoms with Crippen molar-refractivity contribution in [1.82, 2.24) is 20.4 Å². The Hall–Kier alpha value is -2.08. The van der Waals surface area contributed by atoms with Crippen molar-refractivity contribution in [3.63, 3.8) is 0 Å². The fraction of sp³-hybridized carbons (Fsp3) is 0.500. The van der Waals surface area contributed by atoms with E-state index >= 15 is 0 Å². The Morgan fingerprint density at radius 3 is 2.92 bits per heavy atom. The molecule has 134 valence electrons. The lowest BCUT2D eigenvalue weighted by Gasteiger charge is -2.33. The molecule has 0 aliphatic carbocycles. The van der Waals surface area contributed by atoms with Gasteiger partial charge in [-0.25, -0.2) is 4.79 Å². The van der Waals surface area contributed by atoms with Crippen LogP contribution in [-0.2, 0) is 0 Å². The fourth-order valence-electron chi connectivity index (χ4n) is 2.99. The fourth-order valence-corrected chi connectivity index (χ4v) is 3.12. The lowest BCUT2D eigenvalue weighted by atomic mass is 10.0. The van der Waals surface area contributed by atoms with Gasteiger partial charge in [0, 0.05) is 23.7 Å². The first-order valence-corrected chi connectivity index (χ1v) is 9.21. The second kappa shape index (κ2) is 8.34. The zero-order chi connectivity index (χ0) is 17.6. The van der Waals surface area contributed by atoms with Crippen LogP contribution in [0.25, 0.3) is 11.4 Å². The summed E-state index contributed by atoms with van der Waals surface area (Å²) in [5, 5.41) is 7.71. The number of hydrogen-bond acceptors (Lipinski definition) is 4. The van der Waals surface area contributed by atoms with Gasteiger partial charge in [0.2, 0.25) is 11.7 Å². The Labute approximate surface area is 152 Å². The standard InChI is InChI=1S/C18H23ClN4O2/c1-2-3-11-20-18(24)23-12-5-4-6-15(23)17-21-16(22-25-17)13-7-9-14(19)10-8-13/h7-10,15H,2-6,11-12H2,1H3,(H,20,24). The molecule has 1 aromatic carbocycles. The zero-order valence-electron chi connectivity index (χ0n) is 14.4. The predicted octanol–water partition coefficient (Wildman–Crippen LogP) is 4.43. The predicted molar refractivity (Wildman–Crippen MR) is 96.3 cm³/mol. The number of benzene rings is 1. The molecule has 1 aliphatic rings. The van der Waals surface area contributed by atoms with Gasteiger partial charge in [0.15, 0.2) is 0 Å². The molecule has 0 radical (unpaired) electrons. The number of nitrogens with one attached hydrogen (secondary N) is 1. The second-order valence-corrected chi connectivity index (χ2v) is 6.69. The minimum absolute atomic E-state index is 0.0515. The number of unbranched alkanes of at least 4 members (excludes halogenated alkanes) is 1. The van der Waals surface area contributed by atoms with Crippen molar-refractivity contribution in [2.75, 3.05) is 13.1 Å². The van der Waals surface area contributed by atoms with E-state index in [1.807, 2.05) is 17.0 Å². The molecule has 1 atom stereocenters. The average Bonchev–Trinajstić information content (AvgIpc) is 3.12. The maximum atomic E-state index is 12.5. The van der Waals surface area contributed by atoms with Gasteiger partial charge in [-0.2, -0.15) is 4.98 Å². The summed E-state index contributed by atoms with van der Waals surface area (Å²) in [6.07, 6.45) is 4.91. The topological polar surface area (TPSA) is 71.3 Å². The van der Waals surface area contributed by atoms with Crippen molar-refractivity contribution < 1.29 is 9.32 Å². The van der Waals surface area contributed by atoms with E-state index in [0.717, 1.165) is 37.7 Å². The van der Waals surface area contributed by atoms with Crippen molar-refractivity contribution in [3.05, 3.63) is 35.2 Å². The Balaban J connectivity index is 1.74. The van der Waals surface area contributed by atoms with Crippen molar-refractivity contribution >= 4 is 17.6 Å². The summed E-state index contributed by atoms with van der Waals surface area (Å²) < 4.78 is 5.48. The maximum Gasteiger partial charge on any atom is 0.318 e. The van der Waals surface area contributed by atoms with Crippen molar-refractivity contribution in [1.29, 1.82) is 0 Å². The molecule has 25 heavy (non-hydrogen) atoms. The number of aromatic nitrogens is 2. The average molecular weight is 363 g/mol. The third-order valence-electron chi connectivity index (χ3n) is 4.40. The molecule has 6 nitrogen and oxygen atoms in total. The Morgan fingerprint density at radius 2 is 2.16 bits per heavy atom. The molecular formula is C18H23ClN4O2. The molecule has 2 aromatic rings. The number of hydrogen-bond donors (Lipinski definition) is 1. The van der Waals surface area contributed by atoms with Crippen LogP contribution < -0.4 is 5.32 Å². The molecule has 7 heteroatoms. The van der Waals surface area contributed by atoms with Gasteiger partial charge < -0.3 is 14.7 Å². The Morgan fingerprint density at radius 1 is 1.36 bits per heavy atom. The molecular weight excluding hydrogens is 340 g/mol. The molecule has 1 aliphatic heterocycles. The number of carbonyl (C=O) groups excluding carboxylic acids is 1. The van der Waals surface area contributed by atoms with Gasteiger partial charge in [-0.15, -0.1) is 0 Å². The van der Waals surface area contributed by atoms with Gasteiger partial charge in [-0.3, -0.25) is 0 Å². The van der Waals surface area contributed by atoms with Gasteiger partial charge in [0.05, 0.1) is 0 Å². The smallest absolute Gasteiger partial charge is 0.318 e. The quantitative estimate of drug-likeness (QED) is 0.799. The van der Waals surface area contributed by atoms with E-state index in [2.05, 4.69) is 22.4 Å². The number of amides is 2. The number of carbonyl (C=O) groups is 1. The summed E-state index contributed by atoms with van der Waals surface area (Å²) >= 11 is 5.92. The third-order valence-corrected chi connectivity index (χ3v) is 4.65. The minimum Gasteiger partial charge on any atom is -0.338 e. The van der Waals surface area contributed by atoms with Gasteiger partial charge in [0.1, 0.15) is 6.04 Å². The van der Waals surface area contributed by atoms with E-state index in [0.29, 0.717) is 29.8 Å². The molecule has 3 rings (SSSR count). The SMILES string of the molecule is CCCCNC(=O)N1CCCCC1c1nc(-c2ccc(Cl)cc2)no1. The first-order valence-electron chi connectivity index (χ1n) is 8.83. The number of halogens is 1. The minimum atomic E-state index is -0.163. The molecule has 0 bridgehead atoms. The Kier molecular flexibility index (Phi) is 5.91. The normalized spacial score (nSPS) is 17.5. The molecule has 1 aromatic heterocycles. The highest BCUT2D eigenvalue weighted by molar-refractivity contribution is 6.30. The van der Waals surface area contributed by atoms with Gasteiger partial charge in [-0.05, 0) is 49.9 Å². The van der Waals surface area contributed by atoms with Gasteiger partial charge in [0.25, 0.3) is 0 Å². The van der Waals surface area contributed by atoms with E-state index in [4.69, 9.17) is 16.1 Å². The van der Waals surface area contributed by atoms with Crippen LogP contribution in [0.2, 0.25) is 5.02 Å². The van der Waals surface area contributed by atoms with E-state index in [-0.39, 0.29) is 12.1 Å². The van der Waals surface area contributed by atoms with Crippen LogP contribution in [-0.4, -0.2) is 34.2 Å². The van der Waals surface area contributed by atoms with Crippen LogP contribution in [0.5, 0.6) is 0 Å². The monoisotopic (exact) mass is 362 g/mol. The third kappa shape index (κ3) is 4.31. The second-order valence-electron chi connectivity index (χ2n) is 6.25. The van der Waals surface area contributed by atoms with Crippen LogP contribution in [0.4, 0.5) is 4.79 Å². The number of likely N-dealkylation sites (tertiary alicyclic amines) is 1. The first kappa shape index (κ1) is 17.7. The van der Waals surface area contributed by atoms with Crippen LogP contribution in [0, 0.1) is 0 Å². The van der Waals surface area contributed by atoms with Crippen molar-refractivity contribution in [2.24, 2.45) is 0 Å². The van der Waals surface area contributed by atoms with E-state index in [1.165, 1.54) is 0 Å². The van der Waals surface area contributed by atoms with Crippen molar-refractivity contribution in [3.8, 4) is 11.4 Å². The zero-order valence-corrected chi connectivity index (χ0v) is 15.1. The largest absolute Gasteiger partial charge is 0.338 e. The lowest BCUT2D eigenvalue weighted by Crippen LogP contribution is -2.45. The molecule has 2 amide bonds. The highest BCUT2D eigenvalue weighted by atomic mass is 35.5. The van der Waals surface area contributed by atoms with Crippen LogP contribution in [0.1, 0.15) is 51.0 Å². The summed E-state index contributed by atoms with van der Waals surface area (Å²) in [5.74, 6) is 1.01. The van der Waals surface area contributed by atoms with Crippen molar-refractivity contribution in [2.45, 2.75) is 45.1 Å². The number of nitrogens with zero attached hydrogens (tertiary/aromatic N) is 3. The molecule has 0 spiro atoms. The molecule has 2 heterocycles. The van der Waals surface area contributed by atoms with Crippen LogP contribution in [0.15, 0.2) is 28.8 Å². The number of piperidine rings is 1. The van der Waals surface area contributed by atoms with Crippen LogP contribution >= 0.6 is 11.6 Å². The molecule has 1 saturated heterocycles. The highest BCUT2D eigenvalue weighted by Crippen LogP contribution is 2.31. The van der Waals surface area contributed by atoms with Crippen LogP contribution in [0.3, 0.4) is 0 Å². The first-order chi connectivity index (χ1) is 12.2. The summed E-state index contributed by atoms with van der Waals surface area (Å²) in [6.45, 7) is 3.51. The summed E-state index contributed by atoms with van der Waals surface area (Å²) in [7, 11) is 0. The van der Waals surface area contributed by atoms with E-state index in [9.17, 15) is 4.79 Å². The number of urea groups is 1. The van der Waals surface area contributed by atoms with E-state index < -0.39 is 0 Å². The molecule has 1 unspecified atom stereocenters. The number of rotatable bonds is 5. The molecule has 1 fully saturated rings. The van der Waals surface area contributed by atoms with Gasteiger partial charge in [-0.1, -0.05) is 30.1 Å². The lowest BCUT2D eigenvalue weighted by molar-refractivity contribution is 0.132. The maximum absolute atomic E-state index is 12.5. The summed E-state index contributed by atoms with van der Waals surface area (Å²) in [5.41, 5.74) is 0.842. The highest BCUT2D eigenvalue weighted by Gasteiger charge is 2.32. The summed E-state index contributed by atoms with van der Waals surface area (Å²) in [4.78, 5) is 18.8.